The number of nitrogens with one attached hydrogen (secondary N) is 2. The highest BCUT2D eigenvalue weighted by Gasteiger charge is 2.05. The maximum atomic E-state index is 11.7. The zero-order valence-electron chi connectivity index (χ0n) is 11.2. The molecule has 0 heterocycles. The van der Waals surface area contributed by atoms with Gasteiger partial charge in [-0.05, 0) is 59.4 Å². The fourth-order valence-corrected chi connectivity index (χ4v) is 2.10. The van der Waals surface area contributed by atoms with Crippen molar-refractivity contribution in [3.63, 3.8) is 0 Å². The topological polar surface area (TPSA) is 41.1 Å². The van der Waals surface area contributed by atoms with E-state index in [1.807, 2.05) is 25.1 Å². The fourth-order valence-electron chi connectivity index (χ4n) is 1.51. The number of carbonyl (C=O) groups is 1. The van der Waals surface area contributed by atoms with Crippen molar-refractivity contribution >= 4 is 27.5 Å². The van der Waals surface area contributed by atoms with Gasteiger partial charge in [0.2, 0.25) is 5.91 Å². The molecule has 0 aromatic heterocycles. The predicted molar refractivity (Wildman–Crippen MR) is 79.8 cm³/mol. The van der Waals surface area contributed by atoms with Crippen molar-refractivity contribution in [2.24, 2.45) is 5.92 Å². The third-order valence-corrected chi connectivity index (χ3v) is 3.24. The van der Waals surface area contributed by atoms with Gasteiger partial charge in [0, 0.05) is 4.47 Å². The third kappa shape index (κ3) is 5.65. The van der Waals surface area contributed by atoms with Crippen LogP contribution in [-0.4, -0.2) is 19.0 Å². The minimum Gasteiger partial charge on any atom is -0.324 e. The van der Waals surface area contributed by atoms with E-state index in [-0.39, 0.29) is 5.91 Å². The van der Waals surface area contributed by atoms with E-state index >= 15 is 0 Å². The highest BCUT2D eigenvalue weighted by Crippen LogP contribution is 2.23. The van der Waals surface area contributed by atoms with Crippen molar-refractivity contribution in [1.82, 2.24) is 5.32 Å². The lowest BCUT2D eigenvalue weighted by atomic mass is 10.1. The molecule has 2 N–H and O–H groups in total. The van der Waals surface area contributed by atoms with E-state index in [1.165, 1.54) is 0 Å². The number of halogens is 1. The Hall–Kier alpha value is -0.870. The smallest absolute Gasteiger partial charge is 0.238 e. The average Bonchev–Trinajstić information content (AvgIpc) is 2.28. The molecule has 0 spiro atoms. The minimum absolute atomic E-state index is 0.0108. The van der Waals surface area contributed by atoms with Crippen LogP contribution < -0.4 is 10.6 Å². The molecule has 0 saturated heterocycles. The molecule has 1 amide bonds. The molecule has 4 heteroatoms. The first-order chi connectivity index (χ1) is 8.49. The highest BCUT2D eigenvalue weighted by molar-refractivity contribution is 9.10. The van der Waals surface area contributed by atoms with Gasteiger partial charge in [-0.15, -0.1) is 0 Å². The van der Waals surface area contributed by atoms with Crippen LogP contribution >= 0.6 is 15.9 Å². The van der Waals surface area contributed by atoms with Gasteiger partial charge in [0.15, 0.2) is 0 Å². The Kier molecular flexibility index (Phi) is 6.36. The molecular formula is C14H21BrN2O. The van der Waals surface area contributed by atoms with Crippen molar-refractivity contribution in [3.05, 3.63) is 28.2 Å². The molecule has 0 bridgehead atoms. The molecule has 18 heavy (non-hydrogen) atoms. The van der Waals surface area contributed by atoms with E-state index in [0.29, 0.717) is 12.5 Å². The molecule has 1 aromatic carbocycles. The Morgan fingerprint density at radius 3 is 2.72 bits per heavy atom. The molecule has 0 aliphatic carbocycles. The van der Waals surface area contributed by atoms with E-state index in [2.05, 4.69) is 40.4 Å². The number of benzene rings is 1. The lowest BCUT2D eigenvalue weighted by Crippen LogP contribution is -2.29. The number of hydrogen-bond donors (Lipinski definition) is 2. The standard InChI is InChI=1S/C14H21BrN2O/c1-10(2)6-7-16-9-14(18)17-13-5-4-11(3)8-12(13)15/h4-5,8,10,16H,6-7,9H2,1-3H3,(H,17,18). The van der Waals surface area contributed by atoms with Gasteiger partial charge in [0.25, 0.3) is 0 Å². The van der Waals surface area contributed by atoms with Gasteiger partial charge in [-0.3, -0.25) is 4.79 Å². The number of hydrogen-bond acceptors (Lipinski definition) is 2. The van der Waals surface area contributed by atoms with Crippen LogP contribution in [0.3, 0.4) is 0 Å². The second-order valence-corrected chi connectivity index (χ2v) is 5.75. The number of rotatable bonds is 6. The molecule has 1 rings (SSSR count). The Balaban J connectivity index is 2.35. The molecule has 0 unspecified atom stereocenters. The van der Waals surface area contributed by atoms with E-state index in [1.54, 1.807) is 0 Å². The Bertz CT molecular complexity index is 405. The van der Waals surface area contributed by atoms with Crippen molar-refractivity contribution < 1.29 is 4.79 Å². The van der Waals surface area contributed by atoms with Gasteiger partial charge in [0.1, 0.15) is 0 Å². The second kappa shape index (κ2) is 7.54. The monoisotopic (exact) mass is 312 g/mol. The summed E-state index contributed by atoms with van der Waals surface area (Å²) < 4.78 is 0.915. The van der Waals surface area contributed by atoms with Crippen LogP contribution in [0.2, 0.25) is 0 Å². The molecule has 0 saturated carbocycles. The van der Waals surface area contributed by atoms with Crippen molar-refractivity contribution in [3.8, 4) is 0 Å². The van der Waals surface area contributed by atoms with Crippen LogP contribution in [0.25, 0.3) is 0 Å². The van der Waals surface area contributed by atoms with Crippen LogP contribution in [0, 0.1) is 12.8 Å². The van der Waals surface area contributed by atoms with Crippen molar-refractivity contribution in [1.29, 1.82) is 0 Å². The predicted octanol–water partition coefficient (Wildman–Crippen LogP) is 3.33. The lowest BCUT2D eigenvalue weighted by molar-refractivity contribution is -0.115. The van der Waals surface area contributed by atoms with Gasteiger partial charge in [-0.1, -0.05) is 19.9 Å². The summed E-state index contributed by atoms with van der Waals surface area (Å²) in [6.45, 7) is 7.59. The van der Waals surface area contributed by atoms with Crippen LogP contribution in [0.4, 0.5) is 5.69 Å². The summed E-state index contributed by atoms with van der Waals surface area (Å²) in [6, 6.07) is 5.87. The number of carbonyl (C=O) groups excluding carboxylic acids is 1. The van der Waals surface area contributed by atoms with E-state index in [0.717, 1.165) is 28.7 Å². The Morgan fingerprint density at radius 1 is 1.39 bits per heavy atom. The van der Waals surface area contributed by atoms with Crippen LogP contribution in [0.5, 0.6) is 0 Å². The van der Waals surface area contributed by atoms with E-state index in [4.69, 9.17) is 0 Å². The van der Waals surface area contributed by atoms with Crippen molar-refractivity contribution in [2.75, 3.05) is 18.4 Å². The normalized spacial score (nSPS) is 10.7. The molecule has 0 aliphatic heterocycles. The summed E-state index contributed by atoms with van der Waals surface area (Å²) in [5.41, 5.74) is 1.98. The summed E-state index contributed by atoms with van der Waals surface area (Å²) in [4.78, 5) is 11.7. The zero-order chi connectivity index (χ0) is 13.5. The average molecular weight is 313 g/mol. The van der Waals surface area contributed by atoms with Gasteiger partial charge in [-0.25, -0.2) is 0 Å². The third-order valence-electron chi connectivity index (χ3n) is 2.58. The summed E-state index contributed by atoms with van der Waals surface area (Å²) >= 11 is 3.44. The first-order valence-corrected chi connectivity index (χ1v) is 7.05. The van der Waals surface area contributed by atoms with Gasteiger partial charge in [-0.2, -0.15) is 0 Å². The Labute approximate surface area is 117 Å². The first-order valence-electron chi connectivity index (χ1n) is 6.25. The quantitative estimate of drug-likeness (QED) is 0.791. The number of anilines is 1. The largest absolute Gasteiger partial charge is 0.324 e. The maximum absolute atomic E-state index is 11.7. The molecule has 0 fully saturated rings. The summed E-state index contributed by atoms with van der Waals surface area (Å²) in [5.74, 6) is 0.648. The summed E-state index contributed by atoms with van der Waals surface area (Å²) in [7, 11) is 0. The number of amides is 1. The molecule has 0 atom stereocenters. The van der Waals surface area contributed by atoms with Crippen LogP contribution in [-0.2, 0) is 4.79 Å². The molecular weight excluding hydrogens is 292 g/mol. The van der Waals surface area contributed by atoms with Gasteiger partial charge in [0.05, 0.1) is 12.2 Å². The van der Waals surface area contributed by atoms with Gasteiger partial charge >= 0.3 is 0 Å². The Morgan fingerprint density at radius 2 is 2.11 bits per heavy atom. The van der Waals surface area contributed by atoms with Gasteiger partial charge < -0.3 is 10.6 Å². The van der Waals surface area contributed by atoms with E-state index < -0.39 is 0 Å². The molecule has 0 aliphatic rings. The molecule has 0 radical (unpaired) electrons. The van der Waals surface area contributed by atoms with E-state index in [9.17, 15) is 4.79 Å². The fraction of sp³-hybridized carbons (Fsp3) is 0.500. The summed E-state index contributed by atoms with van der Waals surface area (Å²) in [5, 5.41) is 6.02. The van der Waals surface area contributed by atoms with Crippen LogP contribution in [0.15, 0.2) is 22.7 Å². The maximum Gasteiger partial charge on any atom is 0.238 e. The molecule has 1 aromatic rings. The van der Waals surface area contributed by atoms with Crippen LogP contribution in [0.1, 0.15) is 25.8 Å². The van der Waals surface area contributed by atoms with Crippen molar-refractivity contribution in [2.45, 2.75) is 27.2 Å². The SMILES string of the molecule is Cc1ccc(NC(=O)CNCCC(C)C)c(Br)c1. The minimum atomic E-state index is -0.0108. The highest BCUT2D eigenvalue weighted by atomic mass is 79.9. The lowest BCUT2D eigenvalue weighted by Gasteiger charge is -2.09. The molecule has 3 nitrogen and oxygen atoms in total. The number of aryl methyl sites for hydroxylation is 1. The summed E-state index contributed by atoms with van der Waals surface area (Å²) in [6.07, 6.45) is 1.08. The molecule has 100 valence electrons. The second-order valence-electron chi connectivity index (χ2n) is 4.89. The first kappa shape index (κ1) is 15.2. The zero-order valence-corrected chi connectivity index (χ0v) is 12.8.